The fourth-order valence-corrected chi connectivity index (χ4v) is 2.46. The molecule has 0 bridgehead atoms. The lowest BCUT2D eigenvalue weighted by Gasteiger charge is -2.32. The smallest absolute Gasteiger partial charge is 0.233 e. The highest BCUT2D eigenvalue weighted by Gasteiger charge is 2.27. The predicted molar refractivity (Wildman–Crippen MR) is 54.1 cm³/mol. The first-order valence-corrected chi connectivity index (χ1v) is 5.56. The zero-order chi connectivity index (χ0) is 10.4. The van der Waals surface area contributed by atoms with Crippen molar-refractivity contribution in [3.8, 4) is 0 Å². The Kier molecular flexibility index (Phi) is 7.23. The van der Waals surface area contributed by atoms with Crippen LogP contribution in [0, 0.1) is 0 Å². The van der Waals surface area contributed by atoms with Crippen LogP contribution in [0.3, 0.4) is 0 Å². The van der Waals surface area contributed by atoms with Crippen LogP contribution in [0.1, 0.15) is 27.7 Å². The second-order valence-electron chi connectivity index (χ2n) is 3.12. The van der Waals surface area contributed by atoms with Gasteiger partial charge in [0.15, 0.2) is 0 Å². The van der Waals surface area contributed by atoms with E-state index in [0.717, 1.165) is 0 Å². The van der Waals surface area contributed by atoms with E-state index in [2.05, 4.69) is 4.89 Å². The summed E-state index contributed by atoms with van der Waals surface area (Å²) >= 11 is 5.31. The number of hydrogen-bond donors (Lipinski definition) is 0. The van der Waals surface area contributed by atoms with Gasteiger partial charge in [-0.25, -0.2) is 13.6 Å². The fourth-order valence-electron chi connectivity index (χ4n) is 1.12. The average molecular weight is 230 g/mol. The monoisotopic (exact) mass is 229 g/mol. The summed E-state index contributed by atoms with van der Waals surface area (Å²) in [5.74, 6) is 0. The van der Waals surface area contributed by atoms with Crippen LogP contribution < -0.4 is 0 Å². The van der Waals surface area contributed by atoms with Crippen molar-refractivity contribution in [2.45, 2.75) is 39.8 Å². The van der Waals surface area contributed by atoms with Crippen molar-refractivity contribution < 1.29 is 13.6 Å². The third kappa shape index (κ3) is 4.54. The summed E-state index contributed by atoms with van der Waals surface area (Å²) in [6, 6.07) is 0.583. The molecule has 13 heavy (non-hydrogen) atoms. The molecule has 0 aliphatic rings. The molecule has 0 saturated carbocycles. The zero-order valence-corrected chi connectivity index (χ0v) is 10.3. The van der Waals surface area contributed by atoms with Crippen LogP contribution >= 0.6 is 20.4 Å². The Morgan fingerprint density at radius 3 is 1.85 bits per heavy atom. The summed E-state index contributed by atoms with van der Waals surface area (Å²) in [7, 11) is 0.110. The van der Waals surface area contributed by atoms with Crippen LogP contribution in [-0.4, -0.2) is 23.9 Å². The van der Waals surface area contributed by atoms with Gasteiger partial charge in [0.1, 0.15) is 0 Å². The minimum Gasteiger partial charge on any atom is -0.233 e. The molecule has 0 aromatic carbocycles. The molecule has 0 amide bonds. The molecule has 0 radical (unpaired) electrons. The molecule has 6 heteroatoms. The van der Waals surface area contributed by atoms with Crippen LogP contribution in [0.2, 0.25) is 0 Å². The zero-order valence-electron chi connectivity index (χ0n) is 8.65. The predicted octanol–water partition coefficient (Wildman–Crippen LogP) is 3.08. The molecule has 0 fully saturated rings. The average Bonchev–Trinajstić information content (AvgIpc) is 2.02. The first kappa shape index (κ1) is 13.6. The van der Waals surface area contributed by atoms with Crippen LogP contribution in [0.25, 0.3) is 0 Å². The molecule has 0 aromatic heterocycles. The lowest BCUT2D eigenvalue weighted by Crippen LogP contribution is -2.32. The standard InChI is InChI=1S/C7H17ClNO3P/c1-6(2)9(7(3)4)13(11-8)12-10-5/h6-7H,1-5H3. The number of rotatable bonds is 6. The molecule has 80 valence electrons. The number of hydrogen-bond acceptors (Lipinski definition) is 4. The topological polar surface area (TPSA) is 30.9 Å². The van der Waals surface area contributed by atoms with Gasteiger partial charge in [0.05, 0.1) is 19.0 Å². The van der Waals surface area contributed by atoms with Crippen LogP contribution in [0.5, 0.6) is 0 Å². The van der Waals surface area contributed by atoms with E-state index in [1.54, 1.807) is 0 Å². The normalized spacial score (nSPS) is 14.5. The molecule has 0 aliphatic heterocycles. The molecule has 0 spiro atoms. The maximum Gasteiger partial charge on any atom is 0.309 e. The van der Waals surface area contributed by atoms with Gasteiger partial charge in [-0.2, -0.15) is 4.67 Å². The van der Waals surface area contributed by atoms with Crippen molar-refractivity contribution in [1.82, 2.24) is 4.67 Å². The lowest BCUT2D eigenvalue weighted by molar-refractivity contribution is -0.182. The highest BCUT2D eigenvalue weighted by Crippen LogP contribution is 2.46. The van der Waals surface area contributed by atoms with Gasteiger partial charge in [-0.05, 0) is 27.7 Å². The van der Waals surface area contributed by atoms with Crippen molar-refractivity contribution in [3.05, 3.63) is 0 Å². The molecule has 0 rings (SSSR count). The van der Waals surface area contributed by atoms with Crippen LogP contribution in [0.4, 0.5) is 0 Å². The summed E-state index contributed by atoms with van der Waals surface area (Å²) < 4.78 is 11.6. The lowest BCUT2D eigenvalue weighted by atomic mass is 10.3. The molecule has 0 heterocycles. The largest absolute Gasteiger partial charge is 0.309 e. The van der Waals surface area contributed by atoms with E-state index in [1.807, 2.05) is 32.4 Å². The van der Waals surface area contributed by atoms with Crippen molar-refractivity contribution in [1.29, 1.82) is 0 Å². The summed E-state index contributed by atoms with van der Waals surface area (Å²) in [5, 5.41) is 0. The molecular formula is C7H17ClNO3P. The molecule has 0 aliphatic carbocycles. The number of halogens is 1. The molecule has 0 N–H and O–H groups in total. The molecular weight excluding hydrogens is 213 g/mol. The third-order valence-corrected chi connectivity index (χ3v) is 3.49. The van der Waals surface area contributed by atoms with E-state index in [4.69, 9.17) is 20.6 Å². The van der Waals surface area contributed by atoms with E-state index in [9.17, 15) is 0 Å². The Hall–Kier alpha value is 0.560. The maximum absolute atomic E-state index is 5.31. The molecule has 0 saturated heterocycles. The highest BCUT2D eigenvalue weighted by molar-refractivity contribution is 7.45. The Labute approximate surface area is 86.2 Å². The fraction of sp³-hybridized carbons (Fsp3) is 1.00. The molecule has 0 aromatic rings. The van der Waals surface area contributed by atoms with Gasteiger partial charge in [-0.1, -0.05) is 0 Å². The molecule has 1 unspecified atom stereocenters. The van der Waals surface area contributed by atoms with E-state index >= 15 is 0 Å². The summed E-state index contributed by atoms with van der Waals surface area (Å²) in [6.07, 6.45) is 0. The second-order valence-corrected chi connectivity index (χ2v) is 4.75. The maximum atomic E-state index is 5.31. The summed E-state index contributed by atoms with van der Waals surface area (Å²) in [4.78, 5) is 4.55. The van der Waals surface area contributed by atoms with E-state index < -0.39 is 8.53 Å². The summed E-state index contributed by atoms with van der Waals surface area (Å²) in [6.45, 7) is 8.18. The highest BCUT2D eigenvalue weighted by atomic mass is 35.5. The third-order valence-electron chi connectivity index (χ3n) is 1.44. The Morgan fingerprint density at radius 1 is 1.15 bits per heavy atom. The van der Waals surface area contributed by atoms with Crippen molar-refractivity contribution >= 4 is 20.4 Å². The Bertz CT molecular complexity index is 129. The van der Waals surface area contributed by atoms with Gasteiger partial charge < -0.3 is 0 Å². The Balaban J connectivity index is 4.30. The van der Waals surface area contributed by atoms with Gasteiger partial charge in [0, 0.05) is 12.1 Å². The molecule has 1 atom stereocenters. The van der Waals surface area contributed by atoms with Crippen LogP contribution in [0.15, 0.2) is 0 Å². The van der Waals surface area contributed by atoms with Gasteiger partial charge in [0.2, 0.25) is 0 Å². The minimum atomic E-state index is -1.32. The quantitative estimate of drug-likeness (QED) is 0.398. The van der Waals surface area contributed by atoms with E-state index in [0.29, 0.717) is 12.1 Å². The van der Waals surface area contributed by atoms with Gasteiger partial charge >= 0.3 is 8.53 Å². The van der Waals surface area contributed by atoms with E-state index in [1.165, 1.54) is 7.11 Å². The number of nitrogens with zero attached hydrogens (tertiary/aromatic N) is 1. The minimum absolute atomic E-state index is 0.292. The first-order valence-electron chi connectivity index (χ1n) is 4.12. The van der Waals surface area contributed by atoms with E-state index in [-0.39, 0.29) is 0 Å². The first-order chi connectivity index (χ1) is 6.04. The summed E-state index contributed by atoms with van der Waals surface area (Å²) in [5.41, 5.74) is 0. The second kappa shape index (κ2) is 6.93. The SMILES string of the molecule is COOP(OCl)N(C(C)C)C(C)C. The van der Waals surface area contributed by atoms with Crippen molar-refractivity contribution in [3.63, 3.8) is 0 Å². The molecule has 4 nitrogen and oxygen atoms in total. The van der Waals surface area contributed by atoms with Crippen molar-refractivity contribution in [2.75, 3.05) is 7.11 Å². The van der Waals surface area contributed by atoms with Gasteiger partial charge in [0.25, 0.3) is 0 Å². The Morgan fingerprint density at radius 2 is 1.62 bits per heavy atom. The van der Waals surface area contributed by atoms with Gasteiger partial charge in [-0.3, -0.25) is 0 Å². The van der Waals surface area contributed by atoms with Crippen molar-refractivity contribution in [2.24, 2.45) is 0 Å². The van der Waals surface area contributed by atoms with Gasteiger partial charge in [-0.15, -0.1) is 0 Å². The van der Waals surface area contributed by atoms with Crippen LogP contribution in [-0.2, 0) is 13.6 Å².